The molecule has 1 aliphatic rings. The Morgan fingerprint density at radius 3 is 2.25 bits per heavy atom. The van der Waals surface area contributed by atoms with Gasteiger partial charge in [0.25, 0.3) is 0 Å². The van der Waals surface area contributed by atoms with Crippen LogP contribution in [0.2, 0.25) is 0 Å². The van der Waals surface area contributed by atoms with Crippen molar-refractivity contribution in [2.45, 2.75) is 6.18 Å². The highest BCUT2D eigenvalue weighted by Gasteiger charge is 2.41. The minimum Gasteiger partial charge on any atom is -0.386 e. The Labute approximate surface area is 85.6 Å². The fourth-order valence-corrected chi connectivity index (χ4v) is 1.35. The lowest BCUT2D eigenvalue weighted by atomic mass is 10.0. The molecule has 0 aromatic heterocycles. The molecule has 2 rings (SSSR count). The number of benzene rings is 1. The molecule has 84 valence electrons. The number of hydrogen-bond acceptors (Lipinski definition) is 3. The van der Waals surface area contributed by atoms with E-state index in [4.69, 9.17) is 0 Å². The molecule has 0 saturated heterocycles. The number of alkyl halides is 3. The first kappa shape index (κ1) is 10.6. The minimum absolute atomic E-state index is 0.397. The molecule has 0 atom stereocenters. The molecule has 0 aliphatic carbocycles. The maximum atomic E-state index is 13.3. The zero-order valence-corrected chi connectivity index (χ0v) is 7.39. The van der Waals surface area contributed by atoms with Crippen molar-refractivity contribution >= 4 is 11.9 Å². The van der Waals surface area contributed by atoms with Crippen LogP contribution in [0.5, 0.6) is 0 Å². The van der Waals surface area contributed by atoms with Gasteiger partial charge >= 0.3 is 18.1 Å². The second-order valence-corrected chi connectivity index (χ2v) is 3.02. The van der Waals surface area contributed by atoms with E-state index in [2.05, 4.69) is 4.74 Å². The largest absolute Gasteiger partial charge is 0.419 e. The third-order valence-electron chi connectivity index (χ3n) is 2.06. The number of ether oxygens (including phenoxy) is 1. The Morgan fingerprint density at radius 2 is 1.69 bits per heavy atom. The summed E-state index contributed by atoms with van der Waals surface area (Å²) in [4.78, 5) is 21.8. The number of carbonyl (C=O) groups excluding carboxylic acids is 2. The van der Waals surface area contributed by atoms with E-state index >= 15 is 0 Å². The molecule has 0 N–H and O–H groups in total. The SMILES string of the molecule is O=C1OC(=O)c2c1ccc(C(F)(F)F)c2F. The molecular formula is C9H2F4O3. The van der Waals surface area contributed by atoms with E-state index in [0.29, 0.717) is 12.1 Å². The average molecular weight is 234 g/mol. The number of fused-ring (bicyclic) bond motifs is 1. The van der Waals surface area contributed by atoms with Crippen LogP contribution in [0.1, 0.15) is 26.3 Å². The van der Waals surface area contributed by atoms with E-state index in [0.717, 1.165) is 0 Å². The predicted molar refractivity (Wildman–Crippen MR) is 41.1 cm³/mol. The summed E-state index contributed by atoms with van der Waals surface area (Å²) in [5.41, 5.74) is -3.05. The van der Waals surface area contributed by atoms with Crippen LogP contribution in [0.4, 0.5) is 17.6 Å². The van der Waals surface area contributed by atoms with Gasteiger partial charge in [-0.15, -0.1) is 0 Å². The van der Waals surface area contributed by atoms with Gasteiger partial charge in [-0.2, -0.15) is 13.2 Å². The van der Waals surface area contributed by atoms with E-state index in [9.17, 15) is 27.2 Å². The highest BCUT2D eigenvalue weighted by molar-refractivity contribution is 6.14. The maximum absolute atomic E-state index is 13.3. The van der Waals surface area contributed by atoms with Gasteiger partial charge in [-0.1, -0.05) is 0 Å². The molecule has 7 heteroatoms. The summed E-state index contributed by atoms with van der Waals surface area (Å²) in [6.07, 6.45) is -4.93. The van der Waals surface area contributed by atoms with Gasteiger partial charge in [-0.25, -0.2) is 14.0 Å². The Balaban J connectivity index is 2.71. The quantitative estimate of drug-likeness (QED) is 0.392. The number of halogens is 4. The smallest absolute Gasteiger partial charge is 0.386 e. The molecule has 0 radical (unpaired) electrons. The van der Waals surface area contributed by atoms with E-state index in [1.807, 2.05) is 0 Å². The summed E-state index contributed by atoms with van der Waals surface area (Å²) in [5, 5.41) is 0. The van der Waals surface area contributed by atoms with Crippen molar-refractivity contribution < 1.29 is 31.9 Å². The van der Waals surface area contributed by atoms with Gasteiger partial charge in [0.2, 0.25) is 0 Å². The number of cyclic esters (lactones) is 2. The van der Waals surface area contributed by atoms with Crippen molar-refractivity contribution in [3.8, 4) is 0 Å². The fraction of sp³-hybridized carbons (Fsp3) is 0.111. The highest BCUT2D eigenvalue weighted by atomic mass is 19.4. The van der Waals surface area contributed by atoms with Gasteiger partial charge in [0, 0.05) is 0 Å². The predicted octanol–water partition coefficient (Wildman–Crippen LogP) is 2.16. The Kier molecular flexibility index (Phi) is 2.01. The van der Waals surface area contributed by atoms with Crippen LogP contribution < -0.4 is 0 Å². The molecule has 3 nitrogen and oxygen atoms in total. The summed E-state index contributed by atoms with van der Waals surface area (Å²) in [5.74, 6) is -4.32. The molecule has 0 unspecified atom stereocenters. The first-order valence-corrected chi connectivity index (χ1v) is 3.98. The molecule has 0 saturated carbocycles. The molecule has 1 heterocycles. The zero-order chi connectivity index (χ0) is 12.1. The second kappa shape index (κ2) is 3.03. The van der Waals surface area contributed by atoms with Crippen molar-refractivity contribution in [1.29, 1.82) is 0 Å². The standard InChI is InChI=1S/C9H2F4O3/c10-6-4(9(11,12)13)2-1-3-5(6)8(15)16-7(3)14/h1-2H. The van der Waals surface area contributed by atoms with Gasteiger partial charge in [0.1, 0.15) is 5.56 Å². The number of hydrogen-bond donors (Lipinski definition) is 0. The van der Waals surface area contributed by atoms with Gasteiger partial charge in [-0.3, -0.25) is 0 Å². The molecule has 0 amide bonds. The molecule has 16 heavy (non-hydrogen) atoms. The van der Waals surface area contributed by atoms with Crippen LogP contribution in [0.15, 0.2) is 12.1 Å². The van der Waals surface area contributed by atoms with E-state index in [-0.39, 0.29) is 0 Å². The Bertz CT molecular complexity index is 504. The molecule has 1 aromatic carbocycles. The molecule has 0 fully saturated rings. The minimum atomic E-state index is -4.93. The lowest BCUT2D eigenvalue weighted by Crippen LogP contribution is -2.11. The van der Waals surface area contributed by atoms with Crippen molar-refractivity contribution in [2.24, 2.45) is 0 Å². The topological polar surface area (TPSA) is 43.4 Å². The molecule has 0 spiro atoms. The summed E-state index contributed by atoms with van der Waals surface area (Å²) in [7, 11) is 0. The van der Waals surface area contributed by atoms with Crippen molar-refractivity contribution in [3.63, 3.8) is 0 Å². The first-order valence-electron chi connectivity index (χ1n) is 3.98. The van der Waals surface area contributed by atoms with E-state index < -0.39 is 40.6 Å². The Morgan fingerprint density at radius 1 is 1.06 bits per heavy atom. The lowest BCUT2D eigenvalue weighted by Gasteiger charge is -2.08. The van der Waals surface area contributed by atoms with E-state index in [1.165, 1.54) is 0 Å². The summed E-state index contributed by atoms with van der Waals surface area (Å²) in [6, 6.07) is 1.11. The molecule has 1 aromatic rings. The van der Waals surface area contributed by atoms with Crippen molar-refractivity contribution in [3.05, 3.63) is 34.6 Å². The highest BCUT2D eigenvalue weighted by Crippen LogP contribution is 2.35. The van der Waals surface area contributed by atoms with Crippen LogP contribution in [0.3, 0.4) is 0 Å². The van der Waals surface area contributed by atoms with Crippen LogP contribution in [-0.4, -0.2) is 11.9 Å². The maximum Gasteiger partial charge on any atom is 0.419 e. The molecule has 0 bridgehead atoms. The number of rotatable bonds is 0. The van der Waals surface area contributed by atoms with Crippen LogP contribution in [0.25, 0.3) is 0 Å². The van der Waals surface area contributed by atoms with Gasteiger partial charge in [0.05, 0.1) is 11.1 Å². The van der Waals surface area contributed by atoms with Gasteiger partial charge in [-0.05, 0) is 12.1 Å². The fourth-order valence-electron chi connectivity index (χ4n) is 1.35. The monoisotopic (exact) mass is 234 g/mol. The van der Waals surface area contributed by atoms with Crippen molar-refractivity contribution in [1.82, 2.24) is 0 Å². The summed E-state index contributed by atoms with van der Waals surface area (Å²) < 4.78 is 54.1. The Hall–Kier alpha value is -1.92. The van der Waals surface area contributed by atoms with Crippen molar-refractivity contribution in [2.75, 3.05) is 0 Å². The number of esters is 2. The third-order valence-corrected chi connectivity index (χ3v) is 2.06. The number of carbonyl (C=O) groups is 2. The van der Waals surface area contributed by atoms with Gasteiger partial charge in [0.15, 0.2) is 5.82 Å². The third kappa shape index (κ3) is 1.36. The van der Waals surface area contributed by atoms with Crippen LogP contribution in [-0.2, 0) is 10.9 Å². The van der Waals surface area contributed by atoms with Gasteiger partial charge < -0.3 is 4.74 Å². The summed E-state index contributed by atoms with van der Waals surface area (Å²) >= 11 is 0. The van der Waals surface area contributed by atoms with E-state index in [1.54, 1.807) is 0 Å². The molecule has 1 aliphatic heterocycles. The van der Waals surface area contributed by atoms with Crippen LogP contribution >= 0.6 is 0 Å². The first-order chi connectivity index (χ1) is 7.32. The summed E-state index contributed by atoms with van der Waals surface area (Å²) in [6.45, 7) is 0. The van der Waals surface area contributed by atoms with Crippen LogP contribution in [0, 0.1) is 5.82 Å². The lowest BCUT2D eigenvalue weighted by molar-refractivity contribution is -0.140. The average Bonchev–Trinajstić information content (AvgIpc) is 2.41. The normalized spacial score (nSPS) is 15.0. The second-order valence-electron chi connectivity index (χ2n) is 3.02. The zero-order valence-electron chi connectivity index (χ0n) is 7.39. The molecular weight excluding hydrogens is 232 g/mol.